The highest BCUT2D eigenvalue weighted by molar-refractivity contribution is 5.82. The molecule has 116 valence electrons. The highest BCUT2D eigenvalue weighted by Gasteiger charge is 2.13. The zero-order chi connectivity index (χ0) is 15.2. The fraction of sp³-hybridized carbons (Fsp3) is 0.556. The second-order valence-electron chi connectivity index (χ2n) is 5.62. The lowest BCUT2D eigenvalue weighted by molar-refractivity contribution is 0.270. The summed E-state index contributed by atoms with van der Waals surface area (Å²) in [5.74, 6) is 1.11. The van der Waals surface area contributed by atoms with Gasteiger partial charge in [0.25, 0.3) is 0 Å². The Bertz CT molecular complexity index is 557. The zero-order valence-electron chi connectivity index (χ0n) is 13.8. The van der Waals surface area contributed by atoms with Crippen LogP contribution in [0.3, 0.4) is 0 Å². The number of aryl methyl sites for hydroxylation is 1. The summed E-state index contributed by atoms with van der Waals surface area (Å²) in [4.78, 5) is 2.45. The minimum absolute atomic E-state index is 0.475. The summed E-state index contributed by atoms with van der Waals surface area (Å²) in [5.41, 5.74) is 2.32. The molecule has 1 aromatic carbocycles. The van der Waals surface area contributed by atoms with E-state index in [2.05, 4.69) is 56.1 Å². The summed E-state index contributed by atoms with van der Waals surface area (Å²) in [5, 5.41) is 4.90. The fourth-order valence-electron chi connectivity index (χ4n) is 2.84. The molecule has 1 aromatic heterocycles. The largest absolute Gasteiger partial charge is 0.461 e. The van der Waals surface area contributed by atoms with E-state index in [4.69, 9.17) is 4.42 Å². The normalized spacial score (nSPS) is 13.2. The van der Waals surface area contributed by atoms with Crippen LogP contribution in [0.4, 0.5) is 0 Å². The van der Waals surface area contributed by atoms with Crippen molar-refractivity contribution in [1.29, 1.82) is 0 Å². The van der Waals surface area contributed by atoms with Gasteiger partial charge in [-0.2, -0.15) is 0 Å². The number of furan rings is 1. The van der Waals surface area contributed by atoms with E-state index in [0.717, 1.165) is 43.9 Å². The Morgan fingerprint density at radius 2 is 1.86 bits per heavy atom. The summed E-state index contributed by atoms with van der Waals surface area (Å²) in [6.07, 6.45) is 0.941. The smallest absolute Gasteiger partial charge is 0.134 e. The first-order chi connectivity index (χ1) is 10.2. The van der Waals surface area contributed by atoms with Crippen LogP contribution in [0.1, 0.15) is 39.0 Å². The Morgan fingerprint density at radius 1 is 1.14 bits per heavy atom. The number of hydrogen-bond donors (Lipinski definition) is 1. The van der Waals surface area contributed by atoms with Gasteiger partial charge in [0, 0.05) is 36.5 Å². The van der Waals surface area contributed by atoms with Gasteiger partial charge in [-0.15, -0.1) is 0 Å². The molecule has 0 fully saturated rings. The van der Waals surface area contributed by atoms with E-state index in [0.29, 0.717) is 6.04 Å². The van der Waals surface area contributed by atoms with E-state index < -0.39 is 0 Å². The Hall–Kier alpha value is -1.32. The molecule has 0 saturated carbocycles. The molecule has 0 radical (unpaired) electrons. The van der Waals surface area contributed by atoms with Crippen molar-refractivity contribution in [2.45, 2.75) is 46.7 Å². The van der Waals surface area contributed by atoms with Gasteiger partial charge in [-0.25, -0.2) is 0 Å². The van der Waals surface area contributed by atoms with Crippen LogP contribution in [-0.4, -0.2) is 30.6 Å². The SMILES string of the molecule is CCc1oc2ccccc2c1CNC(C)CN(CC)CC. The fourth-order valence-corrected chi connectivity index (χ4v) is 2.84. The lowest BCUT2D eigenvalue weighted by atomic mass is 10.1. The Balaban J connectivity index is 2.05. The molecular weight excluding hydrogens is 260 g/mol. The van der Waals surface area contributed by atoms with Gasteiger partial charge in [-0.1, -0.05) is 39.0 Å². The maximum atomic E-state index is 5.95. The molecule has 21 heavy (non-hydrogen) atoms. The minimum atomic E-state index is 0.475. The van der Waals surface area contributed by atoms with Gasteiger partial charge in [0.05, 0.1) is 0 Å². The molecule has 0 aliphatic carbocycles. The number of fused-ring (bicyclic) bond motifs is 1. The van der Waals surface area contributed by atoms with Gasteiger partial charge in [-0.05, 0) is 26.1 Å². The van der Waals surface area contributed by atoms with Gasteiger partial charge >= 0.3 is 0 Å². The third kappa shape index (κ3) is 3.86. The van der Waals surface area contributed by atoms with Gasteiger partial charge in [-0.3, -0.25) is 0 Å². The molecule has 0 aliphatic heterocycles. The van der Waals surface area contributed by atoms with Crippen molar-refractivity contribution in [2.24, 2.45) is 0 Å². The van der Waals surface area contributed by atoms with Crippen molar-refractivity contribution in [3.63, 3.8) is 0 Å². The van der Waals surface area contributed by atoms with Crippen LogP contribution in [0.15, 0.2) is 28.7 Å². The Kier molecular flexibility index (Phi) is 5.83. The zero-order valence-corrected chi connectivity index (χ0v) is 13.8. The van der Waals surface area contributed by atoms with Gasteiger partial charge < -0.3 is 14.6 Å². The van der Waals surface area contributed by atoms with Crippen molar-refractivity contribution >= 4 is 11.0 Å². The van der Waals surface area contributed by atoms with E-state index in [1.807, 2.05) is 6.07 Å². The van der Waals surface area contributed by atoms with Crippen LogP contribution in [0.25, 0.3) is 11.0 Å². The molecule has 0 saturated heterocycles. The summed E-state index contributed by atoms with van der Waals surface area (Å²) in [6.45, 7) is 13.0. The van der Waals surface area contributed by atoms with Crippen molar-refractivity contribution in [3.8, 4) is 0 Å². The maximum absolute atomic E-state index is 5.95. The number of nitrogens with zero attached hydrogens (tertiary/aromatic N) is 1. The van der Waals surface area contributed by atoms with E-state index in [1.54, 1.807) is 0 Å². The first-order valence-corrected chi connectivity index (χ1v) is 8.14. The molecule has 2 aromatic rings. The molecule has 0 aliphatic rings. The van der Waals surface area contributed by atoms with Crippen LogP contribution >= 0.6 is 0 Å². The van der Waals surface area contributed by atoms with Crippen molar-refractivity contribution < 1.29 is 4.42 Å². The molecule has 1 unspecified atom stereocenters. The number of benzene rings is 1. The van der Waals surface area contributed by atoms with Gasteiger partial charge in [0.2, 0.25) is 0 Å². The lowest BCUT2D eigenvalue weighted by Gasteiger charge is -2.23. The van der Waals surface area contributed by atoms with Gasteiger partial charge in [0.15, 0.2) is 0 Å². The highest BCUT2D eigenvalue weighted by Crippen LogP contribution is 2.26. The number of para-hydroxylation sites is 1. The number of likely N-dealkylation sites (N-methyl/N-ethyl adjacent to an activating group) is 1. The first kappa shape index (κ1) is 16.1. The number of nitrogens with one attached hydrogen (secondary N) is 1. The standard InChI is InChI=1S/C18H28N2O/c1-5-17-16(15-10-8-9-11-18(15)21-17)12-19-14(4)13-20(6-2)7-3/h8-11,14,19H,5-7,12-13H2,1-4H3. The highest BCUT2D eigenvalue weighted by atomic mass is 16.3. The third-order valence-electron chi connectivity index (χ3n) is 4.16. The molecule has 3 nitrogen and oxygen atoms in total. The Morgan fingerprint density at radius 3 is 2.52 bits per heavy atom. The van der Waals surface area contributed by atoms with E-state index in [-0.39, 0.29) is 0 Å². The third-order valence-corrected chi connectivity index (χ3v) is 4.16. The molecule has 2 rings (SSSR count). The monoisotopic (exact) mass is 288 g/mol. The van der Waals surface area contributed by atoms with E-state index in [9.17, 15) is 0 Å². The first-order valence-electron chi connectivity index (χ1n) is 8.14. The van der Waals surface area contributed by atoms with Crippen molar-refractivity contribution in [2.75, 3.05) is 19.6 Å². The molecule has 1 N–H and O–H groups in total. The van der Waals surface area contributed by atoms with Crippen LogP contribution < -0.4 is 5.32 Å². The van der Waals surface area contributed by atoms with Crippen LogP contribution in [0, 0.1) is 0 Å². The molecule has 0 spiro atoms. The maximum Gasteiger partial charge on any atom is 0.134 e. The second kappa shape index (κ2) is 7.62. The molecule has 0 bridgehead atoms. The molecule has 3 heteroatoms. The average molecular weight is 288 g/mol. The predicted octanol–water partition coefficient (Wildman–Crippen LogP) is 3.82. The van der Waals surface area contributed by atoms with Crippen LogP contribution in [-0.2, 0) is 13.0 Å². The van der Waals surface area contributed by atoms with E-state index >= 15 is 0 Å². The molecule has 1 heterocycles. The van der Waals surface area contributed by atoms with E-state index in [1.165, 1.54) is 10.9 Å². The predicted molar refractivity (Wildman–Crippen MR) is 89.7 cm³/mol. The van der Waals surface area contributed by atoms with Crippen LogP contribution in [0.5, 0.6) is 0 Å². The number of rotatable bonds is 8. The summed E-state index contributed by atoms with van der Waals surface area (Å²) < 4.78 is 5.95. The molecular formula is C18H28N2O. The van der Waals surface area contributed by atoms with Gasteiger partial charge in [0.1, 0.15) is 11.3 Å². The van der Waals surface area contributed by atoms with Crippen molar-refractivity contribution in [3.05, 3.63) is 35.6 Å². The molecule has 0 amide bonds. The summed E-state index contributed by atoms with van der Waals surface area (Å²) in [6, 6.07) is 8.80. The summed E-state index contributed by atoms with van der Waals surface area (Å²) in [7, 11) is 0. The number of hydrogen-bond acceptors (Lipinski definition) is 3. The topological polar surface area (TPSA) is 28.4 Å². The molecule has 1 atom stereocenters. The summed E-state index contributed by atoms with van der Waals surface area (Å²) >= 11 is 0. The lowest BCUT2D eigenvalue weighted by Crippen LogP contribution is -2.38. The Labute approximate surface area is 128 Å². The van der Waals surface area contributed by atoms with Crippen molar-refractivity contribution in [1.82, 2.24) is 10.2 Å². The van der Waals surface area contributed by atoms with Crippen LogP contribution in [0.2, 0.25) is 0 Å². The minimum Gasteiger partial charge on any atom is -0.461 e. The quantitative estimate of drug-likeness (QED) is 0.800. The average Bonchev–Trinajstić information content (AvgIpc) is 2.88. The second-order valence-corrected chi connectivity index (χ2v) is 5.62.